The number of hydrogen-bond donors (Lipinski definition) is 1. The SMILES string of the molecule is CCNc1cc(N2CCN(C(=O)/C=C/c3ccc(Cl)cc3)CC2)nc(C)n1. The molecule has 7 heteroatoms. The number of hydrogen-bond acceptors (Lipinski definition) is 5. The summed E-state index contributed by atoms with van der Waals surface area (Å²) in [7, 11) is 0. The largest absolute Gasteiger partial charge is 0.370 e. The Balaban J connectivity index is 1.58. The van der Waals surface area contributed by atoms with E-state index in [0.29, 0.717) is 18.1 Å². The highest BCUT2D eigenvalue weighted by atomic mass is 35.5. The maximum atomic E-state index is 12.4. The van der Waals surface area contributed by atoms with Crippen molar-refractivity contribution in [3.05, 3.63) is 52.8 Å². The van der Waals surface area contributed by atoms with Crippen molar-refractivity contribution in [1.82, 2.24) is 14.9 Å². The number of amides is 1. The van der Waals surface area contributed by atoms with Gasteiger partial charge in [-0.25, -0.2) is 9.97 Å². The molecule has 2 heterocycles. The molecule has 0 radical (unpaired) electrons. The zero-order valence-electron chi connectivity index (χ0n) is 15.7. The number of rotatable bonds is 5. The first-order valence-corrected chi connectivity index (χ1v) is 9.50. The topological polar surface area (TPSA) is 61.4 Å². The van der Waals surface area contributed by atoms with E-state index in [4.69, 9.17) is 11.6 Å². The van der Waals surface area contributed by atoms with Crippen LogP contribution in [-0.4, -0.2) is 53.5 Å². The van der Waals surface area contributed by atoms with Crippen molar-refractivity contribution in [2.45, 2.75) is 13.8 Å². The summed E-state index contributed by atoms with van der Waals surface area (Å²) in [5.41, 5.74) is 0.957. The molecule has 3 rings (SSSR count). The fourth-order valence-electron chi connectivity index (χ4n) is 2.99. The first-order chi connectivity index (χ1) is 13.0. The van der Waals surface area contributed by atoms with Gasteiger partial charge < -0.3 is 15.1 Å². The van der Waals surface area contributed by atoms with Crippen LogP contribution in [0.5, 0.6) is 0 Å². The number of halogens is 1. The Labute approximate surface area is 164 Å². The summed E-state index contributed by atoms with van der Waals surface area (Å²) >= 11 is 5.88. The molecule has 2 aromatic rings. The van der Waals surface area contributed by atoms with Crippen LogP contribution in [0.3, 0.4) is 0 Å². The highest BCUT2D eigenvalue weighted by molar-refractivity contribution is 6.30. The number of carbonyl (C=O) groups is 1. The predicted octanol–water partition coefficient (Wildman–Crippen LogP) is 3.23. The fourth-order valence-corrected chi connectivity index (χ4v) is 3.11. The Bertz CT molecular complexity index is 814. The monoisotopic (exact) mass is 385 g/mol. The molecule has 1 aliphatic rings. The van der Waals surface area contributed by atoms with Crippen molar-refractivity contribution in [3.8, 4) is 0 Å². The van der Waals surface area contributed by atoms with Gasteiger partial charge in [-0.1, -0.05) is 23.7 Å². The van der Waals surface area contributed by atoms with Crippen molar-refractivity contribution in [1.29, 1.82) is 0 Å². The van der Waals surface area contributed by atoms with Crippen LogP contribution >= 0.6 is 11.6 Å². The Morgan fingerprint density at radius 3 is 2.56 bits per heavy atom. The van der Waals surface area contributed by atoms with E-state index in [-0.39, 0.29) is 5.91 Å². The summed E-state index contributed by atoms with van der Waals surface area (Å²) in [6, 6.07) is 9.38. The van der Waals surface area contributed by atoms with E-state index >= 15 is 0 Å². The van der Waals surface area contributed by atoms with E-state index in [2.05, 4.69) is 20.2 Å². The summed E-state index contributed by atoms with van der Waals surface area (Å²) in [6.45, 7) is 7.60. The van der Waals surface area contributed by atoms with Crippen LogP contribution in [0.4, 0.5) is 11.6 Å². The number of benzene rings is 1. The minimum atomic E-state index is 0.0248. The number of aromatic nitrogens is 2. The summed E-state index contributed by atoms with van der Waals surface area (Å²) in [6.07, 6.45) is 3.44. The number of aryl methyl sites for hydroxylation is 1. The summed E-state index contributed by atoms with van der Waals surface area (Å²) in [4.78, 5) is 25.4. The minimum Gasteiger partial charge on any atom is -0.370 e. The molecule has 1 aromatic carbocycles. The van der Waals surface area contributed by atoms with Gasteiger partial charge in [-0.15, -0.1) is 0 Å². The molecule has 1 fully saturated rings. The first-order valence-electron chi connectivity index (χ1n) is 9.12. The summed E-state index contributed by atoms with van der Waals surface area (Å²) in [5, 5.41) is 3.92. The van der Waals surface area contributed by atoms with E-state index in [9.17, 15) is 4.79 Å². The van der Waals surface area contributed by atoms with Gasteiger partial charge in [0.2, 0.25) is 5.91 Å². The first kappa shape index (κ1) is 19.2. The molecule has 27 heavy (non-hydrogen) atoms. The van der Waals surface area contributed by atoms with E-state index in [0.717, 1.165) is 42.7 Å². The zero-order valence-corrected chi connectivity index (χ0v) is 16.4. The van der Waals surface area contributed by atoms with Crippen LogP contribution in [0.2, 0.25) is 5.02 Å². The zero-order chi connectivity index (χ0) is 19.2. The van der Waals surface area contributed by atoms with Gasteiger partial charge in [0.05, 0.1) is 0 Å². The molecule has 0 atom stereocenters. The third kappa shape index (κ3) is 5.20. The van der Waals surface area contributed by atoms with Gasteiger partial charge >= 0.3 is 0 Å². The van der Waals surface area contributed by atoms with Gasteiger partial charge in [-0.3, -0.25) is 4.79 Å². The third-order valence-electron chi connectivity index (χ3n) is 4.39. The summed E-state index contributed by atoms with van der Waals surface area (Å²) in [5.74, 6) is 2.51. The Hall–Kier alpha value is -2.60. The van der Waals surface area contributed by atoms with Crippen molar-refractivity contribution < 1.29 is 4.79 Å². The number of piperazine rings is 1. The quantitative estimate of drug-likeness (QED) is 0.800. The molecule has 6 nitrogen and oxygen atoms in total. The number of nitrogens with one attached hydrogen (secondary N) is 1. The van der Waals surface area contributed by atoms with Crippen molar-refractivity contribution in [2.24, 2.45) is 0 Å². The van der Waals surface area contributed by atoms with Gasteiger partial charge in [0.1, 0.15) is 17.5 Å². The highest BCUT2D eigenvalue weighted by Gasteiger charge is 2.21. The van der Waals surface area contributed by atoms with Crippen LogP contribution in [0.25, 0.3) is 6.08 Å². The molecule has 1 aliphatic heterocycles. The van der Waals surface area contributed by atoms with Gasteiger partial charge in [-0.05, 0) is 37.6 Å². The van der Waals surface area contributed by atoms with Crippen molar-refractivity contribution >= 4 is 35.2 Å². The van der Waals surface area contributed by atoms with Crippen LogP contribution in [0.1, 0.15) is 18.3 Å². The Morgan fingerprint density at radius 1 is 1.19 bits per heavy atom. The van der Waals surface area contributed by atoms with Crippen molar-refractivity contribution in [2.75, 3.05) is 42.9 Å². The molecule has 0 saturated carbocycles. The molecule has 1 saturated heterocycles. The normalized spacial score (nSPS) is 14.6. The molecular formula is C20H24ClN5O. The smallest absolute Gasteiger partial charge is 0.246 e. The van der Waals surface area contributed by atoms with Crippen molar-refractivity contribution in [3.63, 3.8) is 0 Å². The number of carbonyl (C=O) groups excluding carboxylic acids is 1. The van der Waals surface area contributed by atoms with E-state index in [1.807, 2.05) is 55.2 Å². The highest BCUT2D eigenvalue weighted by Crippen LogP contribution is 2.18. The average molecular weight is 386 g/mol. The lowest BCUT2D eigenvalue weighted by atomic mass is 10.2. The maximum Gasteiger partial charge on any atom is 0.246 e. The van der Waals surface area contributed by atoms with Gasteiger partial charge in [0.15, 0.2) is 0 Å². The molecule has 0 unspecified atom stereocenters. The molecule has 1 N–H and O–H groups in total. The lowest BCUT2D eigenvalue weighted by Crippen LogP contribution is -2.48. The standard InChI is InChI=1S/C20H24ClN5O/c1-3-22-18-14-19(24-15(2)23-18)25-10-12-26(13-11-25)20(27)9-6-16-4-7-17(21)8-5-16/h4-9,14H,3,10-13H2,1-2H3,(H,22,23,24)/b9-6+. The molecule has 0 spiro atoms. The summed E-state index contributed by atoms with van der Waals surface area (Å²) < 4.78 is 0. The average Bonchev–Trinajstić information content (AvgIpc) is 2.67. The molecule has 0 aliphatic carbocycles. The number of nitrogens with zero attached hydrogens (tertiary/aromatic N) is 4. The van der Waals surface area contributed by atoms with Crippen LogP contribution < -0.4 is 10.2 Å². The number of anilines is 2. The van der Waals surface area contributed by atoms with Gasteiger partial charge in [-0.2, -0.15) is 0 Å². The second kappa shape index (κ2) is 8.86. The molecule has 1 amide bonds. The van der Waals surface area contributed by atoms with E-state index < -0.39 is 0 Å². The van der Waals surface area contributed by atoms with Crippen LogP contribution in [0.15, 0.2) is 36.4 Å². The van der Waals surface area contributed by atoms with Crippen LogP contribution in [0, 0.1) is 6.92 Å². The maximum absolute atomic E-state index is 12.4. The van der Waals surface area contributed by atoms with E-state index in [1.165, 1.54) is 0 Å². The molecule has 142 valence electrons. The Kier molecular flexibility index (Phi) is 6.29. The predicted molar refractivity (Wildman–Crippen MR) is 110 cm³/mol. The van der Waals surface area contributed by atoms with Gasteiger partial charge in [0.25, 0.3) is 0 Å². The fraction of sp³-hybridized carbons (Fsp3) is 0.350. The lowest BCUT2D eigenvalue weighted by molar-refractivity contribution is -0.126. The molecular weight excluding hydrogens is 362 g/mol. The molecule has 0 bridgehead atoms. The third-order valence-corrected chi connectivity index (χ3v) is 4.64. The lowest BCUT2D eigenvalue weighted by Gasteiger charge is -2.35. The van der Waals surface area contributed by atoms with E-state index in [1.54, 1.807) is 6.08 Å². The van der Waals surface area contributed by atoms with Gasteiger partial charge in [0, 0.05) is 49.9 Å². The Morgan fingerprint density at radius 2 is 1.89 bits per heavy atom. The van der Waals surface area contributed by atoms with Crippen LogP contribution in [-0.2, 0) is 4.79 Å². The second-order valence-corrected chi connectivity index (χ2v) is 6.82. The molecule has 1 aromatic heterocycles. The second-order valence-electron chi connectivity index (χ2n) is 6.39. The minimum absolute atomic E-state index is 0.0248.